The lowest BCUT2D eigenvalue weighted by molar-refractivity contribution is 0.160. The first kappa shape index (κ1) is 27.8. The lowest BCUT2D eigenvalue weighted by Crippen LogP contribution is -2.39. The predicted octanol–water partition coefficient (Wildman–Crippen LogP) is 7.59. The highest BCUT2D eigenvalue weighted by atomic mass is 32.2. The molecule has 194 valence electrons. The van der Waals surface area contributed by atoms with Gasteiger partial charge in [0.25, 0.3) is 0 Å². The minimum atomic E-state index is -0.278. The number of methoxy groups -OCH3 is 2. The molecule has 0 radical (unpaired) electrons. The largest absolute Gasteiger partial charge is 0.497 e. The number of halogens is 2. The summed E-state index contributed by atoms with van der Waals surface area (Å²) in [6, 6.07) is 17.3. The van der Waals surface area contributed by atoms with Crippen molar-refractivity contribution in [3.63, 3.8) is 0 Å². The normalized spacial score (nSPS) is 15.6. The average molecular weight is 516 g/mol. The van der Waals surface area contributed by atoms with Gasteiger partial charge in [-0.25, -0.2) is 4.39 Å². The maximum atomic E-state index is 13.5. The van der Waals surface area contributed by atoms with E-state index in [0.717, 1.165) is 43.7 Å². The van der Waals surface area contributed by atoms with E-state index < -0.39 is 0 Å². The molecule has 0 bridgehead atoms. The third-order valence-electron chi connectivity index (χ3n) is 6.11. The van der Waals surface area contributed by atoms with Crippen LogP contribution in [0.25, 0.3) is 0 Å². The Hall–Kier alpha value is -2.77. The van der Waals surface area contributed by atoms with Crippen molar-refractivity contribution in [2.45, 2.75) is 51.1 Å². The van der Waals surface area contributed by atoms with Crippen molar-refractivity contribution < 1.29 is 22.4 Å². The molecular formula is C29H35F2NO3S. The number of fused-ring (bicyclic) bond motifs is 4. The Balaban J connectivity index is 0.000000674. The molecule has 1 unspecified atom stereocenters. The third-order valence-corrected chi connectivity index (χ3v) is 6.82. The standard InChI is InChI=1S/C25H24FNO3S.C2H5F.C2H6/c1-28-20-6-7-22-16(10-20)8-9-27-15-18-13-25(24(29-2)12-17(18)11-23(22)27)30-31-21-5-3-4-19(26)14-21;1-2-3;1-2/h3-7,10,12-14,23H,8-9,11,15H2,1-2H3;2H2,1H3;1-2H3. The summed E-state index contributed by atoms with van der Waals surface area (Å²) in [6.45, 7) is 7.10. The molecule has 7 heteroatoms. The van der Waals surface area contributed by atoms with Gasteiger partial charge in [0.2, 0.25) is 0 Å². The van der Waals surface area contributed by atoms with Crippen LogP contribution < -0.4 is 13.7 Å². The van der Waals surface area contributed by atoms with Gasteiger partial charge in [0, 0.05) is 19.1 Å². The summed E-state index contributed by atoms with van der Waals surface area (Å²) in [4.78, 5) is 3.25. The van der Waals surface area contributed by atoms with Crippen molar-refractivity contribution in [3.05, 3.63) is 82.7 Å². The number of hydrogen-bond acceptors (Lipinski definition) is 5. The summed E-state index contributed by atoms with van der Waals surface area (Å²) in [7, 11) is 3.37. The van der Waals surface area contributed by atoms with Crippen LogP contribution in [0.3, 0.4) is 0 Å². The topological polar surface area (TPSA) is 30.9 Å². The number of ether oxygens (including phenoxy) is 2. The highest BCUT2D eigenvalue weighted by molar-refractivity contribution is 7.95. The molecule has 0 spiro atoms. The molecule has 0 amide bonds. The molecule has 36 heavy (non-hydrogen) atoms. The molecule has 2 heterocycles. The van der Waals surface area contributed by atoms with Crippen LogP contribution in [0.2, 0.25) is 0 Å². The van der Waals surface area contributed by atoms with E-state index in [1.54, 1.807) is 20.3 Å². The maximum Gasteiger partial charge on any atom is 0.180 e. The van der Waals surface area contributed by atoms with Crippen molar-refractivity contribution in [2.24, 2.45) is 0 Å². The molecule has 3 aromatic carbocycles. The van der Waals surface area contributed by atoms with Gasteiger partial charge in [-0.3, -0.25) is 9.29 Å². The molecule has 0 aliphatic carbocycles. The molecule has 0 aromatic heterocycles. The van der Waals surface area contributed by atoms with Gasteiger partial charge in [-0.05, 0) is 84.5 Å². The molecule has 2 aliphatic rings. The lowest BCUT2D eigenvalue weighted by atomic mass is 9.84. The SMILES string of the molecule is CC.CCF.COc1ccc2c(c1)CCN1Cc3cc(OSc4cccc(F)c4)c(OC)cc3CC21. The highest BCUT2D eigenvalue weighted by Gasteiger charge is 2.33. The second-order valence-corrected chi connectivity index (χ2v) is 8.97. The first-order valence-corrected chi connectivity index (χ1v) is 13.1. The van der Waals surface area contributed by atoms with Crippen molar-refractivity contribution in [2.75, 3.05) is 27.4 Å². The summed E-state index contributed by atoms with van der Waals surface area (Å²) in [6.07, 6.45) is 1.95. The van der Waals surface area contributed by atoms with Gasteiger partial charge in [0.1, 0.15) is 11.6 Å². The van der Waals surface area contributed by atoms with Gasteiger partial charge in [0.05, 0.1) is 37.8 Å². The second kappa shape index (κ2) is 13.5. The van der Waals surface area contributed by atoms with Gasteiger partial charge in [-0.2, -0.15) is 0 Å². The Bertz CT molecular complexity index is 1140. The molecule has 4 nitrogen and oxygen atoms in total. The zero-order chi connectivity index (χ0) is 26.1. The molecular weight excluding hydrogens is 480 g/mol. The Morgan fingerprint density at radius 3 is 2.39 bits per heavy atom. The van der Waals surface area contributed by atoms with Gasteiger partial charge < -0.3 is 13.7 Å². The van der Waals surface area contributed by atoms with Gasteiger partial charge in [-0.1, -0.05) is 26.0 Å². The van der Waals surface area contributed by atoms with Crippen molar-refractivity contribution in [3.8, 4) is 17.2 Å². The van der Waals surface area contributed by atoms with E-state index in [1.807, 2.05) is 19.9 Å². The smallest absolute Gasteiger partial charge is 0.180 e. The van der Waals surface area contributed by atoms with E-state index >= 15 is 0 Å². The van der Waals surface area contributed by atoms with E-state index in [1.165, 1.54) is 41.3 Å². The third kappa shape index (κ3) is 6.51. The summed E-state index contributed by atoms with van der Waals surface area (Å²) in [5, 5.41) is 0. The molecule has 3 aromatic rings. The quantitative estimate of drug-likeness (QED) is 0.327. The van der Waals surface area contributed by atoms with Crippen LogP contribution in [0.1, 0.15) is 49.1 Å². The molecule has 0 N–H and O–H groups in total. The summed E-state index contributed by atoms with van der Waals surface area (Å²) in [5.74, 6) is 2.00. The van der Waals surface area contributed by atoms with Crippen molar-refractivity contribution in [1.29, 1.82) is 0 Å². The maximum absolute atomic E-state index is 13.5. The van der Waals surface area contributed by atoms with E-state index in [-0.39, 0.29) is 12.5 Å². The fraction of sp³-hybridized carbons (Fsp3) is 0.379. The van der Waals surface area contributed by atoms with Crippen LogP contribution in [0, 0.1) is 5.82 Å². The molecule has 0 saturated carbocycles. The monoisotopic (exact) mass is 515 g/mol. The van der Waals surface area contributed by atoms with Crippen LogP contribution in [-0.4, -0.2) is 32.3 Å². The van der Waals surface area contributed by atoms with Gasteiger partial charge in [0.15, 0.2) is 11.5 Å². The summed E-state index contributed by atoms with van der Waals surface area (Å²) >= 11 is 1.14. The second-order valence-electron chi connectivity index (χ2n) is 8.17. The van der Waals surface area contributed by atoms with Crippen LogP contribution >= 0.6 is 12.0 Å². The summed E-state index contributed by atoms with van der Waals surface area (Å²) in [5.41, 5.74) is 5.30. The van der Waals surface area contributed by atoms with Crippen molar-refractivity contribution >= 4 is 12.0 Å². The van der Waals surface area contributed by atoms with Crippen LogP contribution in [-0.2, 0) is 19.4 Å². The minimum absolute atomic E-state index is 0.250. The number of alkyl halides is 1. The zero-order valence-electron chi connectivity index (χ0n) is 21.6. The van der Waals surface area contributed by atoms with E-state index in [9.17, 15) is 8.78 Å². The van der Waals surface area contributed by atoms with Gasteiger partial charge >= 0.3 is 0 Å². The van der Waals surface area contributed by atoms with Crippen molar-refractivity contribution in [1.82, 2.24) is 4.90 Å². The fourth-order valence-electron chi connectivity index (χ4n) is 4.54. The van der Waals surface area contributed by atoms with Crippen LogP contribution in [0.15, 0.2) is 59.5 Å². The number of hydrogen-bond donors (Lipinski definition) is 0. The Kier molecular flexibility index (Phi) is 10.4. The minimum Gasteiger partial charge on any atom is -0.497 e. The lowest BCUT2D eigenvalue weighted by Gasteiger charge is -2.41. The molecule has 0 fully saturated rings. The van der Waals surface area contributed by atoms with E-state index in [2.05, 4.69) is 35.2 Å². The van der Waals surface area contributed by atoms with E-state index in [4.69, 9.17) is 13.7 Å². The predicted molar refractivity (Wildman–Crippen MR) is 142 cm³/mol. The van der Waals surface area contributed by atoms with Gasteiger partial charge in [-0.15, -0.1) is 0 Å². The first-order chi connectivity index (χ1) is 17.6. The number of benzene rings is 3. The van der Waals surface area contributed by atoms with Crippen LogP contribution in [0.5, 0.6) is 17.2 Å². The number of nitrogens with zero attached hydrogens (tertiary/aromatic N) is 1. The Morgan fingerprint density at radius 2 is 1.69 bits per heavy atom. The molecule has 1 atom stereocenters. The number of rotatable bonds is 5. The molecule has 5 rings (SSSR count). The van der Waals surface area contributed by atoms with Crippen LogP contribution in [0.4, 0.5) is 8.78 Å². The highest BCUT2D eigenvalue weighted by Crippen LogP contribution is 2.43. The zero-order valence-corrected chi connectivity index (χ0v) is 22.5. The molecule has 0 saturated heterocycles. The Labute approximate surface area is 217 Å². The Morgan fingerprint density at radius 1 is 0.944 bits per heavy atom. The fourth-order valence-corrected chi connectivity index (χ4v) is 5.15. The first-order valence-electron chi connectivity index (χ1n) is 12.3. The van der Waals surface area contributed by atoms with E-state index in [0.29, 0.717) is 22.4 Å². The average Bonchev–Trinajstić information content (AvgIpc) is 2.91. The molecule has 2 aliphatic heterocycles. The summed E-state index contributed by atoms with van der Waals surface area (Å²) < 4.78 is 40.7.